The van der Waals surface area contributed by atoms with E-state index in [1.54, 1.807) is 20.3 Å². The van der Waals surface area contributed by atoms with Gasteiger partial charge in [-0.1, -0.05) is 24.3 Å². The Morgan fingerprint density at radius 1 is 1.03 bits per heavy atom. The van der Waals surface area contributed by atoms with Gasteiger partial charge in [0.2, 0.25) is 0 Å². The molecule has 0 aromatic heterocycles. The third-order valence-corrected chi connectivity index (χ3v) is 5.04. The second-order valence-corrected chi connectivity index (χ2v) is 7.16. The van der Waals surface area contributed by atoms with Crippen LogP contribution in [0.3, 0.4) is 0 Å². The van der Waals surface area contributed by atoms with Crippen LogP contribution in [0.5, 0.6) is 0 Å². The molecule has 30 heavy (non-hydrogen) atoms. The van der Waals surface area contributed by atoms with Gasteiger partial charge in [0.25, 0.3) is 11.8 Å². The molecule has 0 saturated heterocycles. The molecule has 0 unspecified atom stereocenters. The zero-order chi connectivity index (χ0) is 21.3. The summed E-state index contributed by atoms with van der Waals surface area (Å²) in [5.41, 5.74) is 3.00. The van der Waals surface area contributed by atoms with Crippen molar-refractivity contribution in [3.05, 3.63) is 65.2 Å². The topological polar surface area (TPSA) is 79.9 Å². The minimum absolute atomic E-state index is 0.00578. The van der Waals surface area contributed by atoms with Gasteiger partial charge in [0.1, 0.15) is 6.17 Å². The number of benzene rings is 2. The van der Waals surface area contributed by atoms with Crippen molar-refractivity contribution in [1.82, 2.24) is 10.2 Å². The quantitative estimate of drug-likeness (QED) is 0.556. The molecule has 0 fully saturated rings. The maximum absolute atomic E-state index is 12.9. The number of amides is 2. The van der Waals surface area contributed by atoms with E-state index in [1.165, 1.54) is 0 Å². The van der Waals surface area contributed by atoms with Gasteiger partial charge in [-0.15, -0.1) is 0 Å². The summed E-state index contributed by atoms with van der Waals surface area (Å²) in [4.78, 5) is 27.2. The Morgan fingerprint density at radius 3 is 2.60 bits per heavy atom. The Bertz CT molecular complexity index is 871. The molecular weight excluding hydrogens is 382 g/mol. The minimum atomic E-state index is -0.287. The summed E-state index contributed by atoms with van der Waals surface area (Å²) in [5, 5.41) is 6.34. The smallest absolute Gasteiger partial charge is 0.256 e. The number of hydrogen-bond donors (Lipinski definition) is 2. The van der Waals surface area contributed by atoms with Gasteiger partial charge in [0.15, 0.2) is 0 Å². The standard InChI is InChI=1S/C23H29N3O4/c1-29-14-6-12-24-22(27)17-8-5-9-18(16-17)25-21-19-10-3-4-11-20(19)23(28)26(21)13-7-15-30-2/h3-5,8-11,16,21,25H,6-7,12-15H2,1-2H3,(H,24,27)/t21-/m1/s1. The predicted molar refractivity (Wildman–Crippen MR) is 116 cm³/mol. The van der Waals surface area contributed by atoms with E-state index in [2.05, 4.69) is 10.6 Å². The maximum atomic E-state index is 12.9. The summed E-state index contributed by atoms with van der Waals surface area (Å²) in [6.07, 6.45) is 1.22. The number of nitrogens with one attached hydrogen (secondary N) is 2. The number of anilines is 1. The molecule has 2 N–H and O–H groups in total. The number of rotatable bonds is 11. The molecule has 7 heteroatoms. The van der Waals surface area contributed by atoms with E-state index in [0.717, 1.165) is 24.1 Å². The zero-order valence-electron chi connectivity index (χ0n) is 17.5. The van der Waals surface area contributed by atoms with Crippen LogP contribution >= 0.6 is 0 Å². The van der Waals surface area contributed by atoms with Gasteiger partial charge in [-0.2, -0.15) is 0 Å². The summed E-state index contributed by atoms with van der Waals surface area (Å²) < 4.78 is 10.2. The third kappa shape index (κ3) is 5.17. The lowest BCUT2D eigenvalue weighted by molar-refractivity contribution is 0.0721. The summed E-state index contributed by atoms with van der Waals surface area (Å²) in [6, 6.07) is 15.0. The van der Waals surface area contributed by atoms with Crippen LogP contribution in [0.4, 0.5) is 5.69 Å². The van der Waals surface area contributed by atoms with Crippen molar-refractivity contribution in [1.29, 1.82) is 0 Å². The van der Waals surface area contributed by atoms with Gasteiger partial charge >= 0.3 is 0 Å². The molecule has 2 amide bonds. The second-order valence-electron chi connectivity index (χ2n) is 7.16. The first-order valence-electron chi connectivity index (χ1n) is 10.2. The number of carbonyl (C=O) groups excluding carboxylic acids is 2. The van der Waals surface area contributed by atoms with E-state index in [1.807, 2.05) is 47.4 Å². The normalized spacial score (nSPS) is 15.2. The summed E-state index contributed by atoms with van der Waals surface area (Å²) in [7, 11) is 3.30. The Kier molecular flexibility index (Phi) is 7.82. The van der Waals surface area contributed by atoms with Crippen LogP contribution < -0.4 is 10.6 Å². The minimum Gasteiger partial charge on any atom is -0.385 e. The molecule has 1 aliphatic heterocycles. The molecule has 1 atom stereocenters. The van der Waals surface area contributed by atoms with E-state index in [9.17, 15) is 9.59 Å². The van der Waals surface area contributed by atoms with Gasteiger partial charge in [0, 0.05) is 62.9 Å². The van der Waals surface area contributed by atoms with Gasteiger partial charge in [-0.05, 0) is 37.1 Å². The molecule has 0 spiro atoms. The fourth-order valence-corrected chi connectivity index (χ4v) is 3.56. The van der Waals surface area contributed by atoms with Crippen molar-refractivity contribution < 1.29 is 19.1 Å². The van der Waals surface area contributed by atoms with Crippen LogP contribution in [-0.4, -0.2) is 57.2 Å². The van der Waals surface area contributed by atoms with E-state index < -0.39 is 0 Å². The lowest BCUT2D eigenvalue weighted by Gasteiger charge is -2.27. The molecular formula is C23H29N3O4. The number of nitrogens with zero attached hydrogens (tertiary/aromatic N) is 1. The molecule has 160 valence electrons. The average Bonchev–Trinajstić information content (AvgIpc) is 3.03. The fourth-order valence-electron chi connectivity index (χ4n) is 3.56. The first-order valence-corrected chi connectivity index (χ1v) is 10.2. The highest BCUT2D eigenvalue weighted by molar-refractivity contribution is 5.99. The molecule has 0 bridgehead atoms. The highest BCUT2D eigenvalue weighted by atomic mass is 16.5. The molecule has 0 saturated carbocycles. The van der Waals surface area contributed by atoms with Crippen LogP contribution in [-0.2, 0) is 9.47 Å². The molecule has 0 aliphatic carbocycles. The van der Waals surface area contributed by atoms with Crippen molar-refractivity contribution in [2.24, 2.45) is 0 Å². The van der Waals surface area contributed by atoms with Gasteiger partial charge < -0.3 is 25.0 Å². The number of fused-ring (bicyclic) bond motifs is 1. The van der Waals surface area contributed by atoms with Crippen molar-refractivity contribution >= 4 is 17.5 Å². The van der Waals surface area contributed by atoms with Crippen molar-refractivity contribution in [3.63, 3.8) is 0 Å². The zero-order valence-corrected chi connectivity index (χ0v) is 17.5. The highest BCUT2D eigenvalue weighted by Gasteiger charge is 2.36. The molecule has 0 radical (unpaired) electrons. The van der Waals surface area contributed by atoms with Crippen LogP contribution in [0.25, 0.3) is 0 Å². The molecule has 1 aliphatic rings. The van der Waals surface area contributed by atoms with E-state index in [0.29, 0.717) is 37.4 Å². The lowest BCUT2D eigenvalue weighted by atomic mass is 10.1. The van der Waals surface area contributed by atoms with Gasteiger partial charge in [0.05, 0.1) is 0 Å². The largest absolute Gasteiger partial charge is 0.385 e. The summed E-state index contributed by atoms with van der Waals surface area (Å²) in [5.74, 6) is -0.124. The summed E-state index contributed by atoms with van der Waals surface area (Å²) >= 11 is 0. The molecule has 2 aromatic rings. The summed E-state index contributed by atoms with van der Waals surface area (Å²) in [6.45, 7) is 2.34. The van der Waals surface area contributed by atoms with Crippen LogP contribution in [0.15, 0.2) is 48.5 Å². The Labute approximate surface area is 177 Å². The third-order valence-electron chi connectivity index (χ3n) is 5.04. The van der Waals surface area contributed by atoms with Crippen molar-refractivity contribution in [2.75, 3.05) is 45.8 Å². The van der Waals surface area contributed by atoms with Crippen LogP contribution in [0.2, 0.25) is 0 Å². The maximum Gasteiger partial charge on any atom is 0.256 e. The van der Waals surface area contributed by atoms with E-state index in [-0.39, 0.29) is 18.0 Å². The molecule has 2 aromatic carbocycles. The van der Waals surface area contributed by atoms with E-state index >= 15 is 0 Å². The first kappa shape index (κ1) is 21.8. The van der Waals surface area contributed by atoms with Crippen molar-refractivity contribution in [2.45, 2.75) is 19.0 Å². The monoisotopic (exact) mass is 411 g/mol. The first-order chi connectivity index (χ1) is 14.7. The lowest BCUT2D eigenvalue weighted by Crippen LogP contribution is -2.33. The average molecular weight is 412 g/mol. The SMILES string of the molecule is COCCCNC(=O)c1cccc(N[C@H]2c3ccccc3C(=O)N2CCCOC)c1. The number of hydrogen-bond acceptors (Lipinski definition) is 5. The predicted octanol–water partition coefficient (Wildman–Crippen LogP) is 3.06. The highest BCUT2D eigenvalue weighted by Crippen LogP contribution is 2.34. The molecule has 1 heterocycles. The number of methoxy groups -OCH3 is 2. The molecule has 3 rings (SSSR count). The molecule has 7 nitrogen and oxygen atoms in total. The number of ether oxygens (including phenoxy) is 2. The Balaban J connectivity index is 1.74. The van der Waals surface area contributed by atoms with Crippen LogP contribution in [0, 0.1) is 0 Å². The van der Waals surface area contributed by atoms with Gasteiger partial charge in [-0.3, -0.25) is 9.59 Å². The van der Waals surface area contributed by atoms with E-state index in [4.69, 9.17) is 9.47 Å². The second kappa shape index (κ2) is 10.8. The van der Waals surface area contributed by atoms with Crippen LogP contribution in [0.1, 0.15) is 45.3 Å². The van der Waals surface area contributed by atoms with Gasteiger partial charge in [-0.25, -0.2) is 0 Å². The Hall–Kier alpha value is -2.90. The van der Waals surface area contributed by atoms with Crippen molar-refractivity contribution in [3.8, 4) is 0 Å². The number of carbonyl (C=O) groups is 2. The fraction of sp³-hybridized carbons (Fsp3) is 0.391. The Morgan fingerprint density at radius 2 is 1.80 bits per heavy atom.